The average molecular weight is 383 g/mol. The summed E-state index contributed by atoms with van der Waals surface area (Å²) in [5, 5.41) is 12.7. The number of amides is 1. The smallest absolute Gasteiger partial charge is 0.238 e. The first-order chi connectivity index (χ1) is 12.7. The Hall–Kier alpha value is -2.40. The molecule has 132 valence electrons. The fourth-order valence-corrected chi connectivity index (χ4v) is 4.23. The van der Waals surface area contributed by atoms with Gasteiger partial charge < -0.3 is 5.32 Å². The molecule has 0 aliphatic heterocycles. The standard InChI is InChI=1S/C19H18N4OS2/c1-23(13-19-22-15-7-3-5-9-17(15)26-19)12-18(24)21-14-6-2-4-8-16(14)25-11-10-20/h2-9H,11-13H2,1H3,(H,21,24). The number of hydrogen-bond acceptors (Lipinski definition) is 6. The van der Waals surface area contributed by atoms with Crippen molar-refractivity contribution >= 4 is 44.9 Å². The summed E-state index contributed by atoms with van der Waals surface area (Å²) in [4.78, 5) is 19.8. The zero-order chi connectivity index (χ0) is 18.4. The molecule has 0 saturated carbocycles. The second-order valence-corrected chi connectivity index (χ2v) is 7.87. The van der Waals surface area contributed by atoms with Gasteiger partial charge >= 0.3 is 0 Å². The number of hydrogen-bond donors (Lipinski definition) is 1. The Bertz CT molecular complexity index is 915. The lowest BCUT2D eigenvalue weighted by molar-refractivity contribution is -0.117. The number of nitrogens with zero attached hydrogens (tertiary/aromatic N) is 3. The van der Waals surface area contributed by atoms with Gasteiger partial charge in [-0.25, -0.2) is 4.98 Å². The van der Waals surface area contributed by atoms with Crippen LogP contribution in [0.2, 0.25) is 0 Å². The molecule has 0 saturated heterocycles. The molecular formula is C19H18N4OS2. The maximum atomic E-state index is 12.4. The van der Waals surface area contributed by atoms with Crippen molar-refractivity contribution in [2.45, 2.75) is 11.4 Å². The van der Waals surface area contributed by atoms with Crippen molar-refractivity contribution < 1.29 is 4.79 Å². The van der Waals surface area contributed by atoms with E-state index >= 15 is 0 Å². The van der Waals surface area contributed by atoms with E-state index in [2.05, 4.69) is 22.4 Å². The van der Waals surface area contributed by atoms with Gasteiger partial charge in [0, 0.05) is 4.90 Å². The minimum Gasteiger partial charge on any atom is -0.324 e. The first-order valence-electron chi connectivity index (χ1n) is 8.07. The molecule has 1 amide bonds. The van der Waals surface area contributed by atoms with Crippen LogP contribution in [0.1, 0.15) is 5.01 Å². The van der Waals surface area contributed by atoms with Crippen LogP contribution in [0.25, 0.3) is 10.2 Å². The van der Waals surface area contributed by atoms with E-state index in [9.17, 15) is 4.79 Å². The number of benzene rings is 2. The van der Waals surface area contributed by atoms with E-state index in [4.69, 9.17) is 5.26 Å². The summed E-state index contributed by atoms with van der Waals surface area (Å²) >= 11 is 3.06. The van der Waals surface area contributed by atoms with Crippen molar-refractivity contribution in [2.24, 2.45) is 0 Å². The highest BCUT2D eigenvalue weighted by molar-refractivity contribution is 7.99. The number of anilines is 1. The largest absolute Gasteiger partial charge is 0.324 e. The van der Waals surface area contributed by atoms with E-state index in [1.54, 1.807) is 11.3 Å². The number of fused-ring (bicyclic) bond motifs is 1. The van der Waals surface area contributed by atoms with Crippen LogP contribution in [0.3, 0.4) is 0 Å². The number of nitriles is 1. The zero-order valence-electron chi connectivity index (χ0n) is 14.3. The lowest BCUT2D eigenvalue weighted by atomic mass is 10.3. The molecule has 2 aromatic carbocycles. The van der Waals surface area contributed by atoms with Crippen LogP contribution in [-0.2, 0) is 11.3 Å². The van der Waals surface area contributed by atoms with Crippen LogP contribution in [0.4, 0.5) is 5.69 Å². The van der Waals surface area contributed by atoms with Crippen LogP contribution >= 0.6 is 23.1 Å². The van der Waals surface area contributed by atoms with E-state index in [1.807, 2.05) is 54.4 Å². The predicted molar refractivity (Wildman–Crippen MR) is 107 cm³/mol. The quantitative estimate of drug-likeness (QED) is 0.626. The van der Waals surface area contributed by atoms with Gasteiger partial charge in [0.25, 0.3) is 0 Å². The monoisotopic (exact) mass is 382 g/mol. The number of thioether (sulfide) groups is 1. The SMILES string of the molecule is CN(CC(=O)Nc1ccccc1SCC#N)Cc1nc2ccccc2s1. The molecule has 0 fully saturated rings. The topological polar surface area (TPSA) is 69.0 Å². The normalized spacial score (nSPS) is 10.8. The molecule has 0 bridgehead atoms. The molecule has 7 heteroatoms. The van der Waals surface area contributed by atoms with Crippen LogP contribution in [-0.4, -0.2) is 35.1 Å². The number of nitrogens with one attached hydrogen (secondary N) is 1. The molecule has 0 aliphatic rings. The molecular weight excluding hydrogens is 364 g/mol. The first-order valence-corrected chi connectivity index (χ1v) is 9.87. The Balaban J connectivity index is 1.58. The number of likely N-dealkylation sites (N-methyl/N-ethyl adjacent to an activating group) is 1. The highest BCUT2D eigenvalue weighted by Gasteiger charge is 2.12. The molecule has 1 N–H and O–H groups in total. The molecule has 0 radical (unpaired) electrons. The van der Waals surface area contributed by atoms with Crippen molar-refractivity contribution in [3.05, 3.63) is 53.5 Å². The fourth-order valence-electron chi connectivity index (χ4n) is 2.52. The summed E-state index contributed by atoms with van der Waals surface area (Å²) in [6.45, 7) is 0.894. The number of rotatable bonds is 7. The molecule has 0 aliphatic carbocycles. The van der Waals surface area contributed by atoms with Gasteiger partial charge in [-0.3, -0.25) is 9.69 Å². The summed E-state index contributed by atoms with van der Waals surface area (Å²) in [6, 6.07) is 17.7. The number of aromatic nitrogens is 1. The first kappa shape index (κ1) is 18.4. The third-order valence-corrected chi connectivity index (χ3v) is 5.57. The van der Waals surface area contributed by atoms with Crippen molar-refractivity contribution in [2.75, 3.05) is 24.7 Å². The van der Waals surface area contributed by atoms with Crippen molar-refractivity contribution in [3.63, 3.8) is 0 Å². The molecule has 1 heterocycles. The lowest BCUT2D eigenvalue weighted by Gasteiger charge is -2.15. The van der Waals surface area contributed by atoms with E-state index in [0.29, 0.717) is 12.3 Å². The van der Waals surface area contributed by atoms with Crippen molar-refractivity contribution in [1.82, 2.24) is 9.88 Å². The maximum absolute atomic E-state index is 12.4. The highest BCUT2D eigenvalue weighted by atomic mass is 32.2. The fraction of sp³-hybridized carbons (Fsp3) is 0.211. The van der Waals surface area contributed by atoms with E-state index in [-0.39, 0.29) is 12.5 Å². The molecule has 0 unspecified atom stereocenters. The summed E-state index contributed by atoms with van der Waals surface area (Å²) in [5.74, 6) is 0.267. The Kier molecular flexibility index (Phi) is 6.23. The molecule has 5 nitrogen and oxygen atoms in total. The van der Waals surface area contributed by atoms with Gasteiger partial charge in [0.15, 0.2) is 0 Å². The zero-order valence-corrected chi connectivity index (χ0v) is 15.9. The number of carbonyl (C=O) groups excluding carboxylic acids is 1. The third kappa shape index (κ3) is 4.82. The van der Waals surface area contributed by atoms with Crippen LogP contribution < -0.4 is 5.32 Å². The van der Waals surface area contributed by atoms with Gasteiger partial charge in [-0.1, -0.05) is 24.3 Å². The molecule has 26 heavy (non-hydrogen) atoms. The minimum absolute atomic E-state index is 0.0846. The van der Waals surface area contributed by atoms with Gasteiger partial charge in [0.05, 0.1) is 40.8 Å². The molecule has 3 aromatic rings. The van der Waals surface area contributed by atoms with Gasteiger partial charge in [0.1, 0.15) is 5.01 Å². The van der Waals surface area contributed by atoms with E-state index in [0.717, 1.165) is 25.8 Å². The third-order valence-electron chi connectivity index (χ3n) is 3.61. The van der Waals surface area contributed by atoms with Gasteiger partial charge in [0.2, 0.25) is 5.91 Å². The maximum Gasteiger partial charge on any atom is 0.238 e. The average Bonchev–Trinajstić information content (AvgIpc) is 3.02. The van der Waals surface area contributed by atoms with Gasteiger partial charge in [-0.15, -0.1) is 23.1 Å². The number of para-hydroxylation sites is 2. The number of thiazole rings is 1. The number of carbonyl (C=O) groups is 1. The van der Waals surface area contributed by atoms with Crippen molar-refractivity contribution in [3.8, 4) is 6.07 Å². The second kappa shape index (κ2) is 8.81. The van der Waals surface area contributed by atoms with Crippen LogP contribution in [0.15, 0.2) is 53.4 Å². The molecule has 1 aromatic heterocycles. The van der Waals surface area contributed by atoms with Crippen LogP contribution in [0.5, 0.6) is 0 Å². The van der Waals surface area contributed by atoms with Crippen LogP contribution in [0, 0.1) is 11.3 Å². The molecule has 0 spiro atoms. The van der Waals surface area contributed by atoms with Gasteiger partial charge in [-0.2, -0.15) is 5.26 Å². The minimum atomic E-state index is -0.0846. The second-order valence-electron chi connectivity index (χ2n) is 5.74. The summed E-state index contributed by atoms with van der Waals surface area (Å²) < 4.78 is 1.16. The lowest BCUT2D eigenvalue weighted by Crippen LogP contribution is -2.29. The summed E-state index contributed by atoms with van der Waals surface area (Å²) in [6.07, 6.45) is 0. The predicted octanol–water partition coefficient (Wildman–Crippen LogP) is 3.98. The molecule has 3 rings (SSSR count). The Morgan fingerprint density at radius 1 is 1.27 bits per heavy atom. The van der Waals surface area contributed by atoms with E-state index < -0.39 is 0 Å². The van der Waals surface area contributed by atoms with Crippen molar-refractivity contribution in [1.29, 1.82) is 5.26 Å². The Morgan fingerprint density at radius 2 is 2.04 bits per heavy atom. The Labute approximate surface area is 160 Å². The summed E-state index contributed by atoms with van der Waals surface area (Å²) in [5.41, 5.74) is 1.74. The molecule has 0 atom stereocenters. The Morgan fingerprint density at radius 3 is 2.85 bits per heavy atom. The summed E-state index contributed by atoms with van der Waals surface area (Å²) in [7, 11) is 1.90. The van der Waals surface area contributed by atoms with E-state index in [1.165, 1.54) is 11.8 Å². The highest BCUT2D eigenvalue weighted by Crippen LogP contribution is 2.26. The van der Waals surface area contributed by atoms with Gasteiger partial charge in [-0.05, 0) is 31.3 Å².